The number of benzene rings is 1. The van der Waals surface area contributed by atoms with Crippen LogP contribution in [-0.2, 0) is 6.18 Å². The molecule has 0 atom stereocenters. The number of oxazole rings is 1. The average molecular weight is 389 g/mol. The van der Waals surface area contributed by atoms with Gasteiger partial charge < -0.3 is 10.2 Å². The SMILES string of the molecule is Nc1cc(-c2cnc(-c3ccccc3)o2)nc(-c2nc(C(F)(F)F)cs2)n1. The van der Waals surface area contributed by atoms with Gasteiger partial charge in [-0.25, -0.2) is 19.9 Å². The van der Waals surface area contributed by atoms with Crippen LogP contribution in [0.15, 0.2) is 52.4 Å². The molecule has 3 heterocycles. The third-order valence-electron chi connectivity index (χ3n) is 3.51. The highest BCUT2D eigenvalue weighted by Crippen LogP contribution is 2.33. The van der Waals surface area contributed by atoms with E-state index < -0.39 is 11.9 Å². The largest absolute Gasteiger partial charge is 0.434 e. The van der Waals surface area contributed by atoms with E-state index in [2.05, 4.69) is 19.9 Å². The molecule has 0 saturated heterocycles. The van der Waals surface area contributed by atoms with Gasteiger partial charge in [-0.3, -0.25) is 0 Å². The van der Waals surface area contributed by atoms with Crippen LogP contribution in [0.5, 0.6) is 0 Å². The normalized spacial score (nSPS) is 11.7. The van der Waals surface area contributed by atoms with Crippen LogP contribution < -0.4 is 5.73 Å². The molecule has 1 aromatic carbocycles. The summed E-state index contributed by atoms with van der Waals surface area (Å²) in [5, 5.41) is 0.919. The van der Waals surface area contributed by atoms with Crippen LogP contribution in [0.4, 0.5) is 19.0 Å². The van der Waals surface area contributed by atoms with Gasteiger partial charge in [0.05, 0.1) is 6.20 Å². The van der Waals surface area contributed by atoms with E-state index in [0.717, 1.165) is 22.3 Å². The third kappa shape index (κ3) is 3.51. The van der Waals surface area contributed by atoms with E-state index in [0.29, 0.717) is 17.3 Å². The highest BCUT2D eigenvalue weighted by molar-refractivity contribution is 7.13. The molecule has 10 heteroatoms. The zero-order valence-corrected chi connectivity index (χ0v) is 14.3. The molecule has 0 unspecified atom stereocenters. The Hall–Kier alpha value is -3.27. The van der Waals surface area contributed by atoms with Crippen molar-refractivity contribution in [2.24, 2.45) is 0 Å². The molecule has 27 heavy (non-hydrogen) atoms. The zero-order chi connectivity index (χ0) is 19.0. The smallest absolute Gasteiger partial charge is 0.434 e. The van der Waals surface area contributed by atoms with Crippen molar-refractivity contribution in [2.45, 2.75) is 6.18 Å². The van der Waals surface area contributed by atoms with Gasteiger partial charge in [0.1, 0.15) is 11.5 Å². The van der Waals surface area contributed by atoms with Gasteiger partial charge in [-0.1, -0.05) is 18.2 Å². The number of hydrogen-bond donors (Lipinski definition) is 1. The van der Waals surface area contributed by atoms with Crippen LogP contribution in [-0.4, -0.2) is 19.9 Å². The molecule has 6 nitrogen and oxygen atoms in total. The average Bonchev–Trinajstić information content (AvgIpc) is 3.32. The Bertz CT molecular complexity index is 1090. The molecule has 0 fully saturated rings. The maximum atomic E-state index is 12.8. The van der Waals surface area contributed by atoms with Crippen molar-refractivity contribution < 1.29 is 17.6 Å². The Kier molecular flexibility index (Phi) is 4.11. The van der Waals surface area contributed by atoms with Crippen LogP contribution >= 0.6 is 11.3 Å². The summed E-state index contributed by atoms with van der Waals surface area (Å²) in [6, 6.07) is 10.7. The Balaban J connectivity index is 1.71. The Morgan fingerprint density at radius 2 is 1.81 bits per heavy atom. The number of rotatable bonds is 3. The molecule has 0 aliphatic rings. The monoisotopic (exact) mass is 389 g/mol. The van der Waals surface area contributed by atoms with E-state index >= 15 is 0 Å². The highest BCUT2D eigenvalue weighted by Gasteiger charge is 2.34. The second-order valence-corrected chi connectivity index (χ2v) is 6.29. The van der Waals surface area contributed by atoms with Crippen molar-refractivity contribution in [3.63, 3.8) is 0 Å². The second-order valence-electron chi connectivity index (χ2n) is 5.43. The lowest BCUT2D eigenvalue weighted by molar-refractivity contribution is -0.140. The van der Waals surface area contributed by atoms with Gasteiger partial charge in [0.15, 0.2) is 22.3 Å². The first-order valence-electron chi connectivity index (χ1n) is 7.59. The van der Waals surface area contributed by atoms with Gasteiger partial charge in [0.2, 0.25) is 5.89 Å². The van der Waals surface area contributed by atoms with Gasteiger partial charge in [-0.2, -0.15) is 13.2 Å². The maximum absolute atomic E-state index is 12.8. The Morgan fingerprint density at radius 3 is 2.52 bits per heavy atom. The summed E-state index contributed by atoms with van der Waals surface area (Å²) in [5.74, 6) is 0.773. The quantitative estimate of drug-likeness (QED) is 0.554. The maximum Gasteiger partial charge on any atom is 0.434 e. The van der Waals surface area contributed by atoms with Gasteiger partial charge >= 0.3 is 6.18 Å². The molecule has 0 aliphatic carbocycles. The number of hydrogen-bond acceptors (Lipinski definition) is 7. The van der Waals surface area contributed by atoms with E-state index in [9.17, 15) is 13.2 Å². The number of alkyl halides is 3. The predicted molar refractivity (Wildman–Crippen MR) is 93.5 cm³/mol. The predicted octanol–water partition coefficient (Wildman–Crippen LogP) is 4.52. The van der Waals surface area contributed by atoms with Crippen molar-refractivity contribution in [3.8, 4) is 33.7 Å². The number of thiazole rings is 1. The van der Waals surface area contributed by atoms with E-state index in [-0.39, 0.29) is 16.6 Å². The summed E-state index contributed by atoms with van der Waals surface area (Å²) in [6.45, 7) is 0. The second kappa shape index (κ2) is 6.47. The van der Waals surface area contributed by atoms with Gasteiger partial charge in [0, 0.05) is 17.0 Å². The van der Waals surface area contributed by atoms with E-state index in [1.807, 2.05) is 30.3 Å². The Morgan fingerprint density at radius 1 is 1.04 bits per heavy atom. The Labute approximate surface area is 154 Å². The van der Waals surface area contributed by atoms with Gasteiger partial charge in [0.25, 0.3) is 0 Å². The molecule has 2 N–H and O–H groups in total. The molecule has 4 aromatic rings. The van der Waals surface area contributed by atoms with Crippen molar-refractivity contribution in [3.05, 3.63) is 53.7 Å². The lowest BCUT2D eigenvalue weighted by Crippen LogP contribution is -2.05. The number of aromatic nitrogens is 4. The van der Waals surface area contributed by atoms with Crippen molar-refractivity contribution >= 4 is 17.2 Å². The number of anilines is 1. The molecule has 0 saturated carbocycles. The first kappa shape index (κ1) is 17.2. The molecule has 0 radical (unpaired) electrons. The van der Waals surface area contributed by atoms with Crippen LogP contribution in [0.1, 0.15) is 5.69 Å². The summed E-state index contributed by atoms with van der Waals surface area (Å²) < 4.78 is 44.0. The number of nitrogen functional groups attached to an aromatic ring is 1. The molecule has 0 bridgehead atoms. The number of nitrogens with zero attached hydrogens (tertiary/aromatic N) is 4. The minimum absolute atomic E-state index is 0.0110. The zero-order valence-electron chi connectivity index (χ0n) is 13.4. The fourth-order valence-electron chi connectivity index (χ4n) is 2.30. The molecule has 136 valence electrons. The summed E-state index contributed by atoms with van der Waals surface area (Å²) in [6.07, 6.45) is -3.07. The highest BCUT2D eigenvalue weighted by atomic mass is 32.1. The summed E-state index contributed by atoms with van der Waals surface area (Å²) in [4.78, 5) is 16.0. The van der Waals surface area contributed by atoms with Crippen LogP contribution in [0.3, 0.4) is 0 Å². The molecule has 4 rings (SSSR count). The first-order chi connectivity index (χ1) is 12.9. The number of nitrogens with two attached hydrogens (primary N) is 1. The summed E-state index contributed by atoms with van der Waals surface area (Å²) in [7, 11) is 0. The van der Waals surface area contributed by atoms with E-state index in [4.69, 9.17) is 10.2 Å². The molecule has 0 spiro atoms. The molecule has 0 amide bonds. The van der Waals surface area contributed by atoms with Crippen molar-refractivity contribution in [2.75, 3.05) is 5.73 Å². The molecule has 3 aromatic heterocycles. The van der Waals surface area contributed by atoms with Crippen LogP contribution in [0.2, 0.25) is 0 Å². The lowest BCUT2D eigenvalue weighted by atomic mass is 10.2. The number of halogens is 3. The van der Waals surface area contributed by atoms with E-state index in [1.54, 1.807) is 0 Å². The molecular weight excluding hydrogens is 379 g/mol. The minimum atomic E-state index is -4.53. The molecular formula is C17H10F3N5OS. The van der Waals surface area contributed by atoms with Crippen LogP contribution in [0.25, 0.3) is 33.7 Å². The van der Waals surface area contributed by atoms with E-state index in [1.165, 1.54) is 12.3 Å². The summed E-state index contributed by atoms with van der Waals surface area (Å²) in [5.41, 5.74) is 5.87. The minimum Gasteiger partial charge on any atom is -0.434 e. The molecule has 0 aliphatic heterocycles. The van der Waals surface area contributed by atoms with Gasteiger partial charge in [-0.05, 0) is 12.1 Å². The van der Waals surface area contributed by atoms with Crippen molar-refractivity contribution in [1.29, 1.82) is 0 Å². The lowest BCUT2D eigenvalue weighted by Gasteiger charge is -2.02. The third-order valence-corrected chi connectivity index (χ3v) is 4.35. The fourth-order valence-corrected chi connectivity index (χ4v) is 3.06. The topological polar surface area (TPSA) is 90.7 Å². The first-order valence-corrected chi connectivity index (χ1v) is 8.47. The summed E-state index contributed by atoms with van der Waals surface area (Å²) >= 11 is 0.786. The van der Waals surface area contributed by atoms with Crippen molar-refractivity contribution in [1.82, 2.24) is 19.9 Å². The van der Waals surface area contributed by atoms with Gasteiger partial charge in [-0.15, -0.1) is 11.3 Å². The fraction of sp³-hybridized carbons (Fsp3) is 0.0588. The standard InChI is InChI=1S/C17H10F3N5OS/c18-17(19,20)12-8-27-16(24-12)14-23-10(6-13(21)25-14)11-7-22-15(26-11)9-4-2-1-3-5-9/h1-8H,(H2,21,23,25). The van der Waals surface area contributed by atoms with Crippen LogP contribution in [0, 0.1) is 0 Å².